The normalized spacial score (nSPS) is 17.0. The molecule has 4 heteroatoms. The third kappa shape index (κ3) is 4.05. The summed E-state index contributed by atoms with van der Waals surface area (Å²) in [5.41, 5.74) is 3.60. The number of hydrogen-bond acceptors (Lipinski definition) is 3. The van der Waals surface area contributed by atoms with Gasteiger partial charge in [0.15, 0.2) is 0 Å². The fourth-order valence-electron chi connectivity index (χ4n) is 2.99. The van der Waals surface area contributed by atoms with Crippen LogP contribution in [0.25, 0.3) is 6.08 Å². The number of carbonyl (C=O) groups is 1. The molecule has 1 fully saturated rings. The first kappa shape index (κ1) is 16.3. The van der Waals surface area contributed by atoms with E-state index in [0.717, 1.165) is 43.9 Å². The van der Waals surface area contributed by atoms with Gasteiger partial charge in [-0.15, -0.1) is 12.3 Å². The molecule has 0 saturated carbocycles. The van der Waals surface area contributed by atoms with Crippen LogP contribution in [0.2, 0.25) is 0 Å². The molecule has 1 amide bonds. The van der Waals surface area contributed by atoms with E-state index in [9.17, 15) is 4.79 Å². The zero-order chi connectivity index (χ0) is 16.8. The highest BCUT2D eigenvalue weighted by Crippen LogP contribution is 2.21. The summed E-state index contributed by atoms with van der Waals surface area (Å²) < 4.78 is 5.48. The number of terminal acetylenes is 1. The Hall–Kier alpha value is -2.54. The van der Waals surface area contributed by atoms with Gasteiger partial charge in [0.05, 0.1) is 6.54 Å². The highest BCUT2D eigenvalue weighted by Gasteiger charge is 2.18. The lowest BCUT2D eigenvalue weighted by molar-refractivity contribution is -0.131. The highest BCUT2D eigenvalue weighted by molar-refractivity contribution is 5.95. The summed E-state index contributed by atoms with van der Waals surface area (Å²) in [7, 11) is 0. The summed E-state index contributed by atoms with van der Waals surface area (Å²) in [5.74, 6) is 3.45. The van der Waals surface area contributed by atoms with E-state index >= 15 is 0 Å². The summed E-state index contributed by atoms with van der Waals surface area (Å²) in [4.78, 5) is 18.2. The predicted molar refractivity (Wildman–Crippen MR) is 95.7 cm³/mol. The van der Waals surface area contributed by atoms with Crippen LogP contribution in [0.5, 0.6) is 0 Å². The number of hydrogen-bond donors (Lipinski definition) is 0. The Bertz CT molecular complexity index is 685. The van der Waals surface area contributed by atoms with Gasteiger partial charge in [-0.1, -0.05) is 23.8 Å². The zero-order valence-corrected chi connectivity index (χ0v) is 13.8. The van der Waals surface area contributed by atoms with Crippen LogP contribution in [0.4, 0.5) is 0 Å². The van der Waals surface area contributed by atoms with Crippen LogP contribution in [0.3, 0.4) is 0 Å². The van der Waals surface area contributed by atoms with E-state index in [-0.39, 0.29) is 5.91 Å². The molecule has 0 radical (unpaired) electrons. The predicted octanol–water partition coefficient (Wildman–Crippen LogP) is 2.88. The third-order valence-electron chi connectivity index (χ3n) is 4.36. The lowest BCUT2D eigenvalue weighted by Crippen LogP contribution is -2.36. The number of carbonyl (C=O) groups excluding carboxylic acids is 1. The van der Waals surface area contributed by atoms with Crippen molar-refractivity contribution in [3.63, 3.8) is 0 Å². The molecule has 0 N–H and O–H groups in total. The Labute approximate surface area is 143 Å². The Balaban J connectivity index is 1.56. The van der Waals surface area contributed by atoms with Crippen molar-refractivity contribution in [2.45, 2.75) is 25.7 Å². The average Bonchev–Trinajstić information content (AvgIpc) is 3.15. The number of nitrogens with zero attached hydrogens (tertiary/aromatic N) is 2. The van der Waals surface area contributed by atoms with E-state index in [0.29, 0.717) is 19.4 Å². The molecule has 124 valence electrons. The molecule has 2 aliphatic heterocycles. The van der Waals surface area contributed by atoms with Crippen molar-refractivity contribution in [1.29, 1.82) is 0 Å². The molecule has 1 saturated heterocycles. The van der Waals surface area contributed by atoms with Crippen LogP contribution >= 0.6 is 0 Å². The zero-order valence-electron chi connectivity index (χ0n) is 13.8. The van der Waals surface area contributed by atoms with E-state index in [2.05, 4.69) is 41.3 Å². The summed E-state index contributed by atoms with van der Waals surface area (Å²) in [6.45, 7) is 3.01. The van der Waals surface area contributed by atoms with E-state index in [1.54, 1.807) is 0 Å². The minimum atomic E-state index is 0.175. The van der Waals surface area contributed by atoms with Crippen LogP contribution in [0.1, 0.15) is 36.8 Å². The number of aliphatic imine (C=N–C) groups is 1. The SMILES string of the molecule is C#CCCC(=O)N1CCC(=Cc2ccc(C3=NCCO3)cc2)CC1. The van der Waals surface area contributed by atoms with Gasteiger partial charge in [0.1, 0.15) is 6.61 Å². The monoisotopic (exact) mass is 322 g/mol. The third-order valence-corrected chi connectivity index (χ3v) is 4.36. The van der Waals surface area contributed by atoms with E-state index in [4.69, 9.17) is 11.2 Å². The molecule has 1 aromatic carbocycles. The summed E-state index contributed by atoms with van der Waals surface area (Å²) in [5, 5.41) is 0. The van der Waals surface area contributed by atoms with Gasteiger partial charge >= 0.3 is 0 Å². The Morgan fingerprint density at radius 3 is 2.67 bits per heavy atom. The van der Waals surface area contributed by atoms with Gasteiger partial charge in [-0.3, -0.25) is 4.79 Å². The largest absolute Gasteiger partial charge is 0.476 e. The fraction of sp³-hybridized carbons (Fsp3) is 0.400. The molecule has 0 unspecified atom stereocenters. The number of likely N-dealkylation sites (tertiary alicyclic amines) is 1. The van der Waals surface area contributed by atoms with E-state index in [1.807, 2.05) is 4.90 Å². The number of amides is 1. The average molecular weight is 322 g/mol. The number of rotatable bonds is 4. The maximum Gasteiger partial charge on any atom is 0.223 e. The quantitative estimate of drug-likeness (QED) is 0.800. The fourth-order valence-corrected chi connectivity index (χ4v) is 2.99. The van der Waals surface area contributed by atoms with Gasteiger partial charge in [-0.05, 0) is 30.5 Å². The molecular formula is C20H22N2O2. The Kier molecular flexibility index (Phi) is 5.32. The smallest absolute Gasteiger partial charge is 0.223 e. The first-order valence-electron chi connectivity index (χ1n) is 8.44. The van der Waals surface area contributed by atoms with Crippen molar-refractivity contribution in [3.8, 4) is 12.3 Å². The van der Waals surface area contributed by atoms with Crippen LogP contribution in [0, 0.1) is 12.3 Å². The first-order valence-corrected chi connectivity index (χ1v) is 8.44. The van der Waals surface area contributed by atoms with Gasteiger partial charge in [-0.25, -0.2) is 4.99 Å². The maximum absolute atomic E-state index is 12.0. The molecule has 1 aromatic rings. The van der Waals surface area contributed by atoms with Crippen LogP contribution in [-0.4, -0.2) is 42.9 Å². The summed E-state index contributed by atoms with van der Waals surface area (Å²) >= 11 is 0. The minimum absolute atomic E-state index is 0.175. The highest BCUT2D eigenvalue weighted by atomic mass is 16.5. The topological polar surface area (TPSA) is 41.9 Å². The molecule has 24 heavy (non-hydrogen) atoms. The lowest BCUT2D eigenvalue weighted by Gasteiger charge is -2.28. The molecule has 0 aromatic heterocycles. The molecule has 0 aliphatic carbocycles. The van der Waals surface area contributed by atoms with Crippen molar-refractivity contribution < 1.29 is 9.53 Å². The lowest BCUT2D eigenvalue weighted by atomic mass is 10.00. The van der Waals surface area contributed by atoms with E-state index in [1.165, 1.54) is 11.1 Å². The second-order valence-electron chi connectivity index (χ2n) is 6.04. The second kappa shape index (κ2) is 7.83. The van der Waals surface area contributed by atoms with Crippen molar-refractivity contribution in [2.75, 3.05) is 26.2 Å². The number of piperidine rings is 1. The van der Waals surface area contributed by atoms with Crippen molar-refractivity contribution in [1.82, 2.24) is 4.90 Å². The van der Waals surface area contributed by atoms with Crippen LogP contribution in [0.15, 0.2) is 34.8 Å². The molecule has 4 nitrogen and oxygen atoms in total. The Morgan fingerprint density at radius 2 is 2.04 bits per heavy atom. The van der Waals surface area contributed by atoms with Gasteiger partial charge in [0.25, 0.3) is 0 Å². The molecule has 0 bridgehead atoms. The maximum atomic E-state index is 12.0. The second-order valence-corrected chi connectivity index (χ2v) is 6.04. The van der Waals surface area contributed by atoms with Gasteiger partial charge in [0, 0.05) is 31.5 Å². The molecule has 2 heterocycles. The molecule has 3 rings (SSSR count). The van der Waals surface area contributed by atoms with Crippen LogP contribution in [-0.2, 0) is 9.53 Å². The van der Waals surface area contributed by atoms with Gasteiger partial charge in [0.2, 0.25) is 11.8 Å². The van der Waals surface area contributed by atoms with Crippen molar-refractivity contribution >= 4 is 17.9 Å². The standard InChI is InChI=1S/C20H22N2O2/c1-2-3-4-19(23)22-12-9-17(10-13-22)15-16-5-7-18(8-6-16)20-21-11-14-24-20/h1,5-8,15H,3-4,9-14H2. The van der Waals surface area contributed by atoms with Gasteiger partial charge < -0.3 is 9.64 Å². The number of benzene rings is 1. The molecule has 0 spiro atoms. The first-order chi connectivity index (χ1) is 11.8. The van der Waals surface area contributed by atoms with Crippen LogP contribution < -0.4 is 0 Å². The van der Waals surface area contributed by atoms with Crippen molar-refractivity contribution in [3.05, 3.63) is 41.0 Å². The Morgan fingerprint density at radius 1 is 1.29 bits per heavy atom. The van der Waals surface area contributed by atoms with E-state index < -0.39 is 0 Å². The van der Waals surface area contributed by atoms with Gasteiger partial charge in [-0.2, -0.15) is 0 Å². The molecule has 0 atom stereocenters. The molecular weight excluding hydrogens is 300 g/mol. The molecule has 2 aliphatic rings. The number of ether oxygens (including phenoxy) is 1. The van der Waals surface area contributed by atoms with Crippen molar-refractivity contribution in [2.24, 2.45) is 4.99 Å². The summed E-state index contributed by atoms with van der Waals surface area (Å²) in [6.07, 6.45) is 10.3. The summed E-state index contributed by atoms with van der Waals surface area (Å²) in [6, 6.07) is 8.29. The minimum Gasteiger partial charge on any atom is -0.476 e.